The first-order chi connectivity index (χ1) is 26.7. The van der Waals surface area contributed by atoms with Crippen LogP contribution >= 0.6 is 0 Å². The number of fused-ring (bicyclic) bond motifs is 5. The molecule has 0 aliphatic rings. The minimum Gasteiger partial charge on any atom is -0.247 e. The van der Waals surface area contributed by atoms with Gasteiger partial charge in [-0.2, -0.15) is 0 Å². The van der Waals surface area contributed by atoms with Gasteiger partial charge in [0.25, 0.3) is 0 Å². The molecule has 10 aromatic rings. The number of pyridine rings is 1. The second-order valence-electron chi connectivity index (χ2n) is 13.6. The van der Waals surface area contributed by atoms with Crippen molar-refractivity contribution in [3.8, 4) is 67.4 Å². The van der Waals surface area contributed by atoms with Crippen LogP contribution in [0.1, 0.15) is 0 Å². The Kier molecular flexibility index (Phi) is 7.81. The molecule has 3 nitrogen and oxygen atoms in total. The molecule has 3 heteroatoms. The molecular formula is C51H33N3. The Morgan fingerprint density at radius 1 is 0.278 bits per heavy atom. The summed E-state index contributed by atoms with van der Waals surface area (Å²) in [5, 5.41) is 5.99. The van der Waals surface area contributed by atoms with Crippen LogP contribution in [0.2, 0.25) is 0 Å². The SMILES string of the molecule is c1ccc(-c2ccc(-c3cc(-c4ccc(-c5ccccc5)cc4)nc(-c4ccc(-c5nc6ccccc6c6c5ccc5ccccc56)cc4)n3)cc2)cc1. The third-order valence-corrected chi connectivity index (χ3v) is 10.3. The standard InChI is InChI=1S/C51H33N3/c1-3-11-34(12-4-1)36-19-23-39(24-20-36)47-33-48(40-25-21-37(22-26-40)35-13-5-2-6-14-35)54-51(53-47)42-29-27-41(28-30-42)50-45-32-31-38-15-7-8-16-43(38)49(45)44-17-9-10-18-46(44)52-50/h1-33H. The largest absolute Gasteiger partial charge is 0.247 e. The molecule has 252 valence electrons. The molecule has 2 heterocycles. The zero-order valence-corrected chi connectivity index (χ0v) is 29.4. The maximum absolute atomic E-state index is 5.22. The summed E-state index contributed by atoms with van der Waals surface area (Å²) in [5.74, 6) is 0.677. The van der Waals surface area contributed by atoms with Crippen molar-refractivity contribution in [3.63, 3.8) is 0 Å². The van der Waals surface area contributed by atoms with E-state index in [4.69, 9.17) is 15.0 Å². The van der Waals surface area contributed by atoms with E-state index in [1.165, 1.54) is 38.4 Å². The Morgan fingerprint density at radius 3 is 1.35 bits per heavy atom. The minimum atomic E-state index is 0.677. The van der Waals surface area contributed by atoms with Gasteiger partial charge >= 0.3 is 0 Å². The van der Waals surface area contributed by atoms with E-state index in [9.17, 15) is 0 Å². The van der Waals surface area contributed by atoms with Crippen LogP contribution in [0.25, 0.3) is 99.9 Å². The molecule has 8 aromatic carbocycles. The summed E-state index contributed by atoms with van der Waals surface area (Å²) in [4.78, 5) is 15.6. The van der Waals surface area contributed by atoms with E-state index in [0.29, 0.717) is 5.82 Å². The lowest BCUT2D eigenvalue weighted by molar-refractivity contribution is 1.18. The number of hydrogen-bond acceptors (Lipinski definition) is 3. The van der Waals surface area contributed by atoms with E-state index in [1.807, 2.05) is 12.1 Å². The molecule has 0 saturated carbocycles. The number of nitrogens with zero attached hydrogens (tertiary/aromatic N) is 3. The maximum atomic E-state index is 5.22. The van der Waals surface area contributed by atoms with Crippen LogP contribution in [0.3, 0.4) is 0 Å². The summed E-state index contributed by atoms with van der Waals surface area (Å²) in [5.41, 5.74) is 12.5. The van der Waals surface area contributed by atoms with Crippen molar-refractivity contribution >= 4 is 32.4 Å². The number of rotatable bonds is 6. The first-order valence-corrected chi connectivity index (χ1v) is 18.3. The average Bonchev–Trinajstić information content (AvgIpc) is 3.26. The van der Waals surface area contributed by atoms with E-state index in [2.05, 4.69) is 188 Å². The van der Waals surface area contributed by atoms with E-state index < -0.39 is 0 Å². The second kappa shape index (κ2) is 13.4. The van der Waals surface area contributed by atoms with E-state index in [-0.39, 0.29) is 0 Å². The Bertz CT molecular complexity index is 2820. The zero-order chi connectivity index (χ0) is 35.8. The van der Waals surface area contributed by atoms with Gasteiger partial charge < -0.3 is 0 Å². The molecule has 0 aliphatic heterocycles. The molecule has 0 atom stereocenters. The van der Waals surface area contributed by atoms with Crippen LogP contribution < -0.4 is 0 Å². The van der Waals surface area contributed by atoms with Gasteiger partial charge in [-0.3, -0.25) is 0 Å². The smallest absolute Gasteiger partial charge is 0.160 e. The summed E-state index contributed by atoms with van der Waals surface area (Å²) in [6, 6.07) is 70.3. The summed E-state index contributed by atoms with van der Waals surface area (Å²) < 4.78 is 0. The van der Waals surface area contributed by atoms with Crippen molar-refractivity contribution in [2.24, 2.45) is 0 Å². The topological polar surface area (TPSA) is 38.7 Å². The molecule has 0 bridgehead atoms. The van der Waals surface area contributed by atoms with Crippen LogP contribution in [0, 0.1) is 0 Å². The molecule has 0 N–H and O–H groups in total. The van der Waals surface area contributed by atoms with Gasteiger partial charge in [0, 0.05) is 38.4 Å². The molecular weight excluding hydrogens is 655 g/mol. The van der Waals surface area contributed by atoms with Gasteiger partial charge in [0.05, 0.1) is 22.6 Å². The van der Waals surface area contributed by atoms with E-state index in [1.54, 1.807) is 0 Å². The van der Waals surface area contributed by atoms with Crippen molar-refractivity contribution in [2.75, 3.05) is 0 Å². The van der Waals surface area contributed by atoms with Crippen LogP contribution in [0.15, 0.2) is 200 Å². The zero-order valence-electron chi connectivity index (χ0n) is 29.4. The van der Waals surface area contributed by atoms with Crippen molar-refractivity contribution < 1.29 is 0 Å². The number of hydrogen-bond donors (Lipinski definition) is 0. The van der Waals surface area contributed by atoms with Gasteiger partial charge in [-0.25, -0.2) is 15.0 Å². The van der Waals surface area contributed by atoms with Crippen molar-refractivity contribution in [1.29, 1.82) is 0 Å². The molecule has 0 fully saturated rings. The molecule has 0 radical (unpaired) electrons. The van der Waals surface area contributed by atoms with Gasteiger partial charge in [-0.1, -0.05) is 188 Å². The molecule has 54 heavy (non-hydrogen) atoms. The lowest BCUT2D eigenvalue weighted by Crippen LogP contribution is -1.96. The molecule has 10 rings (SSSR count). The Hall–Kier alpha value is -7.23. The molecule has 2 aromatic heterocycles. The highest BCUT2D eigenvalue weighted by molar-refractivity contribution is 6.22. The quantitative estimate of drug-likeness (QED) is 0.163. The predicted molar refractivity (Wildman–Crippen MR) is 225 cm³/mol. The molecule has 0 spiro atoms. The normalized spacial score (nSPS) is 11.3. The van der Waals surface area contributed by atoms with Crippen LogP contribution in [0.4, 0.5) is 0 Å². The summed E-state index contributed by atoms with van der Waals surface area (Å²) in [7, 11) is 0. The minimum absolute atomic E-state index is 0.677. The fraction of sp³-hybridized carbons (Fsp3) is 0. The highest BCUT2D eigenvalue weighted by Crippen LogP contribution is 2.38. The van der Waals surface area contributed by atoms with Crippen LogP contribution in [-0.2, 0) is 0 Å². The molecule has 0 aliphatic carbocycles. The molecule has 0 unspecified atom stereocenters. The molecule has 0 amide bonds. The van der Waals surface area contributed by atoms with Crippen molar-refractivity contribution in [2.45, 2.75) is 0 Å². The van der Waals surface area contributed by atoms with E-state index in [0.717, 1.165) is 55.6 Å². The predicted octanol–water partition coefficient (Wildman–Crippen LogP) is 13.3. The van der Waals surface area contributed by atoms with Gasteiger partial charge in [-0.15, -0.1) is 0 Å². The highest BCUT2D eigenvalue weighted by Gasteiger charge is 2.15. The second-order valence-corrected chi connectivity index (χ2v) is 13.6. The Labute approximate surface area is 313 Å². The lowest BCUT2D eigenvalue weighted by atomic mass is 9.95. The van der Waals surface area contributed by atoms with Gasteiger partial charge in [-0.05, 0) is 45.2 Å². The number of para-hydroxylation sites is 1. The third-order valence-electron chi connectivity index (χ3n) is 10.3. The monoisotopic (exact) mass is 687 g/mol. The first kappa shape index (κ1) is 31.5. The van der Waals surface area contributed by atoms with Crippen molar-refractivity contribution in [1.82, 2.24) is 15.0 Å². The summed E-state index contributed by atoms with van der Waals surface area (Å²) in [6.45, 7) is 0. The fourth-order valence-electron chi connectivity index (χ4n) is 7.52. The van der Waals surface area contributed by atoms with Crippen LogP contribution in [0.5, 0.6) is 0 Å². The van der Waals surface area contributed by atoms with E-state index >= 15 is 0 Å². The Balaban J connectivity index is 1.08. The van der Waals surface area contributed by atoms with Gasteiger partial charge in [0.15, 0.2) is 5.82 Å². The Morgan fingerprint density at radius 2 is 0.741 bits per heavy atom. The van der Waals surface area contributed by atoms with Crippen molar-refractivity contribution in [3.05, 3.63) is 200 Å². The van der Waals surface area contributed by atoms with Crippen LogP contribution in [-0.4, -0.2) is 15.0 Å². The lowest BCUT2D eigenvalue weighted by Gasteiger charge is -2.13. The third kappa shape index (κ3) is 5.78. The number of benzene rings is 8. The summed E-state index contributed by atoms with van der Waals surface area (Å²) >= 11 is 0. The molecule has 0 saturated heterocycles. The van der Waals surface area contributed by atoms with Gasteiger partial charge in [0.1, 0.15) is 0 Å². The highest BCUT2D eigenvalue weighted by atomic mass is 14.9. The van der Waals surface area contributed by atoms with Gasteiger partial charge in [0.2, 0.25) is 0 Å². The fourth-order valence-corrected chi connectivity index (χ4v) is 7.52. The average molecular weight is 688 g/mol. The maximum Gasteiger partial charge on any atom is 0.160 e. The summed E-state index contributed by atoms with van der Waals surface area (Å²) in [6.07, 6.45) is 0. The first-order valence-electron chi connectivity index (χ1n) is 18.3. The number of aromatic nitrogens is 3.